The summed E-state index contributed by atoms with van der Waals surface area (Å²) in [5.41, 5.74) is 6.22. The van der Waals surface area contributed by atoms with Crippen molar-refractivity contribution in [3.05, 3.63) is 18.5 Å². The Morgan fingerprint density at radius 2 is 1.52 bits per heavy atom. The van der Waals surface area contributed by atoms with E-state index in [0.29, 0.717) is 25.2 Å². The molecule has 2 amide bonds. The van der Waals surface area contributed by atoms with Crippen molar-refractivity contribution >= 4 is 23.6 Å². The highest BCUT2D eigenvalue weighted by Crippen LogP contribution is 2.25. The van der Waals surface area contributed by atoms with Gasteiger partial charge in [0.1, 0.15) is 11.2 Å². The Morgan fingerprint density at radius 3 is 1.93 bits per heavy atom. The van der Waals surface area contributed by atoms with E-state index in [-0.39, 0.29) is 12.1 Å². The number of carbonyl (C=O) groups excluding carboxylic acids is 2. The second-order valence-electron chi connectivity index (χ2n) is 9.26. The minimum atomic E-state index is -0.595. The predicted octanol–water partition coefficient (Wildman–Crippen LogP) is 2.66. The van der Waals surface area contributed by atoms with Crippen molar-refractivity contribution in [3.63, 3.8) is 0 Å². The van der Waals surface area contributed by atoms with Gasteiger partial charge in [-0.3, -0.25) is 4.98 Å². The van der Waals surface area contributed by atoms with Crippen LogP contribution < -0.4 is 21.3 Å². The van der Waals surface area contributed by atoms with Crippen molar-refractivity contribution in [2.75, 3.05) is 23.7 Å². The number of anilines is 2. The number of aromatic nitrogens is 1. The first-order chi connectivity index (χ1) is 13.3. The van der Waals surface area contributed by atoms with Gasteiger partial charge in [0.15, 0.2) is 0 Å². The van der Waals surface area contributed by atoms with Crippen molar-refractivity contribution < 1.29 is 19.1 Å². The van der Waals surface area contributed by atoms with Crippen molar-refractivity contribution in [1.82, 2.24) is 15.6 Å². The standard InChI is InChI=1S/C20H33N5O4/c1-19(2,3)28-17(26)23-13-9-14(24-18(27)29-20(4,5)6)12-25(11-13)16-7-8-22-10-15(16)21/h7-8,10,13-14H,9,11-12,21H2,1-6H3,(H,23,26)(H,24,27)/t13-,14+. The second kappa shape index (κ2) is 8.75. The molecule has 1 aromatic rings. The van der Waals surface area contributed by atoms with E-state index >= 15 is 0 Å². The van der Waals surface area contributed by atoms with Crippen molar-refractivity contribution in [2.24, 2.45) is 0 Å². The molecule has 1 fully saturated rings. The van der Waals surface area contributed by atoms with E-state index in [9.17, 15) is 9.59 Å². The number of hydrogen-bond acceptors (Lipinski definition) is 7. The number of carbonyl (C=O) groups is 2. The highest BCUT2D eigenvalue weighted by Gasteiger charge is 2.32. The molecule has 9 nitrogen and oxygen atoms in total. The molecule has 29 heavy (non-hydrogen) atoms. The topological polar surface area (TPSA) is 119 Å². The van der Waals surface area contributed by atoms with Gasteiger partial charge in [0.25, 0.3) is 0 Å². The molecule has 2 atom stereocenters. The van der Waals surface area contributed by atoms with Crippen LogP contribution in [0.25, 0.3) is 0 Å². The molecule has 1 aliphatic rings. The monoisotopic (exact) mass is 407 g/mol. The lowest BCUT2D eigenvalue weighted by Crippen LogP contribution is -2.58. The number of rotatable bonds is 3. The molecule has 4 N–H and O–H groups in total. The minimum Gasteiger partial charge on any atom is -0.444 e. The van der Waals surface area contributed by atoms with E-state index < -0.39 is 23.4 Å². The summed E-state index contributed by atoms with van der Waals surface area (Å²) in [7, 11) is 0. The molecule has 0 aliphatic carbocycles. The Kier molecular flexibility index (Phi) is 6.81. The highest BCUT2D eigenvalue weighted by atomic mass is 16.6. The number of nitrogens with one attached hydrogen (secondary N) is 2. The summed E-state index contributed by atoms with van der Waals surface area (Å²) in [5, 5.41) is 5.79. The lowest BCUT2D eigenvalue weighted by molar-refractivity contribution is 0.0476. The molecule has 0 spiro atoms. The molecule has 1 aromatic heterocycles. The molecule has 162 valence electrons. The maximum atomic E-state index is 12.3. The molecule has 0 aromatic carbocycles. The van der Waals surface area contributed by atoms with Gasteiger partial charge in [0.05, 0.1) is 29.7 Å². The largest absolute Gasteiger partial charge is 0.444 e. The van der Waals surface area contributed by atoms with Gasteiger partial charge in [-0.1, -0.05) is 0 Å². The number of pyridine rings is 1. The van der Waals surface area contributed by atoms with Crippen molar-refractivity contribution in [1.29, 1.82) is 0 Å². The van der Waals surface area contributed by atoms with Crippen LogP contribution >= 0.6 is 0 Å². The molecule has 1 saturated heterocycles. The maximum absolute atomic E-state index is 12.3. The summed E-state index contributed by atoms with van der Waals surface area (Å²) in [4.78, 5) is 30.6. The molecule has 0 bridgehead atoms. The summed E-state index contributed by atoms with van der Waals surface area (Å²) in [5.74, 6) is 0. The van der Waals surface area contributed by atoms with Crippen LogP contribution in [0.2, 0.25) is 0 Å². The number of hydrogen-bond donors (Lipinski definition) is 3. The predicted molar refractivity (Wildman–Crippen MR) is 112 cm³/mol. The fourth-order valence-electron chi connectivity index (χ4n) is 3.14. The zero-order valence-electron chi connectivity index (χ0n) is 18.1. The van der Waals surface area contributed by atoms with Gasteiger partial charge >= 0.3 is 12.2 Å². The Balaban J connectivity index is 2.13. The number of amides is 2. The SMILES string of the molecule is CC(C)(C)OC(=O)N[C@@H]1C[C@H](NC(=O)OC(C)(C)C)CN(c2ccncc2N)C1. The third-order valence-electron chi connectivity index (χ3n) is 4.06. The van der Waals surface area contributed by atoms with Gasteiger partial charge in [0.2, 0.25) is 0 Å². The zero-order chi connectivity index (χ0) is 21.8. The molecule has 9 heteroatoms. The van der Waals surface area contributed by atoms with Crippen LogP contribution in [0, 0.1) is 0 Å². The van der Waals surface area contributed by atoms with Gasteiger partial charge in [-0.05, 0) is 54.0 Å². The van der Waals surface area contributed by atoms with E-state index in [1.165, 1.54) is 0 Å². The van der Waals surface area contributed by atoms with Crippen LogP contribution in [0.15, 0.2) is 18.5 Å². The molecule has 0 radical (unpaired) electrons. The van der Waals surface area contributed by atoms with Crippen LogP contribution in [0.1, 0.15) is 48.0 Å². The average Bonchev–Trinajstić information content (AvgIpc) is 2.51. The molecule has 2 heterocycles. The van der Waals surface area contributed by atoms with Crippen molar-refractivity contribution in [3.8, 4) is 0 Å². The maximum Gasteiger partial charge on any atom is 0.407 e. The molecular weight excluding hydrogens is 374 g/mol. The number of ether oxygens (including phenoxy) is 2. The van der Waals surface area contributed by atoms with Crippen LogP contribution in [-0.4, -0.2) is 53.5 Å². The third-order valence-corrected chi connectivity index (χ3v) is 4.06. The lowest BCUT2D eigenvalue weighted by atomic mass is 10.00. The Bertz CT molecular complexity index is 688. The van der Waals surface area contributed by atoms with E-state index in [0.717, 1.165) is 5.69 Å². The summed E-state index contributed by atoms with van der Waals surface area (Å²) >= 11 is 0. The first-order valence-corrected chi connectivity index (χ1v) is 9.76. The summed E-state index contributed by atoms with van der Waals surface area (Å²) < 4.78 is 10.7. The smallest absolute Gasteiger partial charge is 0.407 e. The first-order valence-electron chi connectivity index (χ1n) is 9.76. The van der Waals surface area contributed by atoms with Gasteiger partial charge in [-0.25, -0.2) is 9.59 Å². The van der Waals surface area contributed by atoms with E-state index in [1.54, 1.807) is 12.4 Å². The summed E-state index contributed by atoms with van der Waals surface area (Å²) in [6, 6.07) is 1.33. The fourth-order valence-corrected chi connectivity index (χ4v) is 3.14. The van der Waals surface area contributed by atoms with Gasteiger partial charge < -0.3 is 30.7 Å². The summed E-state index contributed by atoms with van der Waals surface area (Å²) in [6.45, 7) is 11.9. The summed E-state index contributed by atoms with van der Waals surface area (Å²) in [6.07, 6.45) is 2.79. The quantitative estimate of drug-likeness (QED) is 0.705. The van der Waals surface area contributed by atoms with E-state index in [2.05, 4.69) is 15.6 Å². The van der Waals surface area contributed by atoms with Gasteiger partial charge in [-0.2, -0.15) is 0 Å². The number of alkyl carbamates (subject to hydrolysis) is 2. The molecule has 0 unspecified atom stereocenters. The number of nitrogens with zero attached hydrogens (tertiary/aromatic N) is 2. The van der Waals surface area contributed by atoms with Crippen LogP contribution in [0.5, 0.6) is 0 Å². The lowest BCUT2D eigenvalue weighted by Gasteiger charge is -2.40. The van der Waals surface area contributed by atoms with Crippen LogP contribution in [-0.2, 0) is 9.47 Å². The second-order valence-corrected chi connectivity index (χ2v) is 9.26. The Morgan fingerprint density at radius 1 is 1.03 bits per heavy atom. The Hall–Kier alpha value is -2.71. The van der Waals surface area contributed by atoms with Crippen LogP contribution in [0.3, 0.4) is 0 Å². The number of piperidine rings is 1. The average molecular weight is 408 g/mol. The van der Waals surface area contributed by atoms with Crippen LogP contribution in [0.4, 0.5) is 21.0 Å². The van der Waals surface area contributed by atoms with E-state index in [1.807, 2.05) is 52.5 Å². The normalized spacial score (nSPS) is 20.0. The van der Waals surface area contributed by atoms with Gasteiger partial charge in [-0.15, -0.1) is 0 Å². The first kappa shape index (κ1) is 22.6. The number of nitrogen functional groups attached to an aromatic ring is 1. The van der Waals surface area contributed by atoms with Gasteiger partial charge in [0, 0.05) is 19.3 Å². The fraction of sp³-hybridized carbons (Fsp3) is 0.650. The molecule has 1 aliphatic heterocycles. The molecular formula is C20H33N5O4. The third kappa shape index (κ3) is 7.67. The minimum absolute atomic E-state index is 0.244. The molecule has 0 saturated carbocycles. The van der Waals surface area contributed by atoms with Crippen molar-refractivity contribution in [2.45, 2.75) is 71.2 Å². The Labute approximate surface area is 172 Å². The zero-order valence-corrected chi connectivity index (χ0v) is 18.1. The highest BCUT2D eigenvalue weighted by molar-refractivity contribution is 5.71. The number of nitrogens with two attached hydrogens (primary N) is 1. The molecule has 2 rings (SSSR count). The van der Waals surface area contributed by atoms with E-state index in [4.69, 9.17) is 15.2 Å².